The van der Waals surface area contributed by atoms with Gasteiger partial charge in [-0.3, -0.25) is 4.79 Å². The molecule has 3 heterocycles. The van der Waals surface area contributed by atoms with Gasteiger partial charge in [-0.1, -0.05) is 6.07 Å². The van der Waals surface area contributed by atoms with Crippen LogP contribution >= 0.6 is 0 Å². The number of nitrogens with one attached hydrogen (secondary N) is 2. The Bertz CT molecular complexity index is 927. The number of pyridine rings is 1. The maximum atomic E-state index is 12.6. The second kappa shape index (κ2) is 8.45. The highest BCUT2D eigenvalue weighted by Gasteiger charge is 2.12. The van der Waals surface area contributed by atoms with E-state index in [1.807, 2.05) is 24.3 Å². The summed E-state index contributed by atoms with van der Waals surface area (Å²) in [4.78, 5) is 27.1. The van der Waals surface area contributed by atoms with E-state index >= 15 is 0 Å². The van der Waals surface area contributed by atoms with E-state index in [0.29, 0.717) is 17.3 Å². The van der Waals surface area contributed by atoms with Crippen molar-refractivity contribution in [3.63, 3.8) is 0 Å². The van der Waals surface area contributed by atoms with Gasteiger partial charge in [0, 0.05) is 30.7 Å². The summed E-state index contributed by atoms with van der Waals surface area (Å²) < 4.78 is 5.38. The number of hydrogen-bond acceptors (Lipinski definition) is 7. The maximum Gasteiger partial charge on any atom is 0.274 e. The fourth-order valence-electron chi connectivity index (χ4n) is 2.90. The normalized spacial score (nSPS) is 13.8. The molecule has 1 aliphatic heterocycles. The quantitative estimate of drug-likeness (QED) is 0.707. The van der Waals surface area contributed by atoms with Crippen LogP contribution in [0.5, 0.6) is 0 Å². The fraction of sp³-hybridized carbons (Fsp3) is 0.200. The smallest absolute Gasteiger partial charge is 0.274 e. The monoisotopic (exact) mass is 376 g/mol. The Balaban J connectivity index is 1.41. The molecular weight excluding hydrogens is 356 g/mol. The van der Waals surface area contributed by atoms with Crippen LogP contribution in [0.4, 0.5) is 23.0 Å². The first kappa shape index (κ1) is 17.9. The summed E-state index contributed by atoms with van der Waals surface area (Å²) in [6, 6.07) is 14.7. The summed E-state index contributed by atoms with van der Waals surface area (Å²) in [6.07, 6.45) is 3.08. The molecule has 8 heteroatoms. The topological polar surface area (TPSA) is 92.3 Å². The number of benzene rings is 1. The van der Waals surface area contributed by atoms with Crippen molar-refractivity contribution in [3.8, 4) is 0 Å². The molecular formula is C20H20N6O2. The van der Waals surface area contributed by atoms with Crippen molar-refractivity contribution in [2.24, 2.45) is 0 Å². The predicted octanol–water partition coefficient (Wildman–Crippen LogP) is 2.70. The number of carbonyl (C=O) groups excluding carboxylic acids is 1. The first-order chi connectivity index (χ1) is 13.8. The number of morpholine rings is 1. The van der Waals surface area contributed by atoms with Gasteiger partial charge >= 0.3 is 0 Å². The molecule has 0 spiro atoms. The predicted molar refractivity (Wildman–Crippen MR) is 107 cm³/mol. The molecule has 0 radical (unpaired) electrons. The molecule has 0 bridgehead atoms. The third-order valence-electron chi connectivity index (χ3n) is 4.32. The number of anilines is 4. The Labute approximate surface area is 162 Å². The summed E-state index contributed by atoms with van der Waals surface area (Å²) in [5.74, 6) is 0.873. The molecule has 0 saturated carbocycles. The molecule has 0 atom stereocenters. The SMILES string of the molecule is O=C(Nc1ccc(N2CCOCC2)cc1)c1cccc(Nc2ccncn2)n1. The number of amides is 1. The lowest BCUT2D eigenvalue weighted by atomic mass is 10.2. The summed E-state index contributed by atoms with van der Waals surface area (Å²) in [5.41, 5.74) is 2.16. The van der Waals surface area contributed by atoms with Gasteiger partial charge in [-0.2, -0.15) is 0 Å². The third kappa shape index (κ3) is 4.41. The van der Waals surface area contributed by atoms with Gasteiger partial charge in [0.2, 0.25) is 0 Å². The van der Waals surface area contributed by atoms with E-state index in [4.69, 9.17) is 4.74 Å². The molecule has 1 saturated heterocycles. The van der Waals surface area contributed by atoms with E-state index in [-0.39, 0.29) is 5.91 Å². The Morgan fingerprint density at radius 3 is 2.57 bits per heavy atom. The van der Waals surface area contributed by atoms with E-state index < -0.39 is 0 Å². The third-order valence-corrected chi connectivity index (χ3v) is 4.32. The van der Waals surface area contributed by atoms with E-state index in [2.05, 4.69) is 30.5 Å². The Morgan fingerprint density at radius 2 is 1.82 bits per heavy atom. The highest BCUT2D eigenvalue weighted by atomic mass is 16.5. The molecule has 3 aromatic rings. The lowest BCUT2D eigenvalue weighted by molar-refractivity contribution is 0.102. The van der Waals surface area contributed by atoms with Crippen LogP contribution in [0.2, 0.25) is 0 Å². The minimum absolute atomic E-state index is 0.273. The van der Waals surface area contributed by atoms with E-state index in [9.17, 15) is 4.79 Å². The van der Waals surface area contributed by atoms with E-state index in [0.717, 1.165) is 37.7 Å². The molecule has 0 unspecified atom stereocenters. The lowest BCUT2D eigenvalue weighted by Gasteiger charge is -2.28. The maximum absolute atomic E-state index is 12.6. The summed E-state index contributed by atoms with van der Waals surface area (Å²) in [6.45, 7) is 3.23. The van der Waals surface area contributed by atoms with Gasteiger partial charge in [0.05, 0.1) is 13.2 Å². The van der Waals surface area contributed by atoms with Crippen LogP contribution in [-0.2, 0) is 4.74 Å². The Kier molecular flexibility index (Phi) is 5.39. The van der Waals surface area contributed by atoms with Crippen molar-refractivity contribution in [2.75, 3.05) is 41.8 Å². The summed E-state index contributed by atoms with van der Waals surface area (Å²) in [7, 11) is 0. The number of rotatable bonds is 5. The van der Waals surface area contributed by atoms with E-state index in [1.54, 1.807) is 30.5 Å². The minimum Gasteiger partial charge on any atom is -0.378 e. The van der Waals surface area contributed by atoms with Gasteiger partial charge in [0.1, 0.15) is 23.7 Å². The first-order valence-electron chi connectivity index (χ1n) is 9.02. The molecule has 1 aromatic carbocycles. The molecule has 1 amide bonds. The van der Waals surface area contributed by atoms with Crippen molar-refractivity contribution in [1.82, 2.24) is 15.0 Å². The second-order valence-corrected chi connectivity index (χ2v) is 6.23. The van der Waals surface area contributed by atoms with Crippen LogP contribution in [0.3, 0.4) is 0 Å². The highest BCUT2D eigenvalue weighted by Crippen LogP contribution is 2.19. The van der Waals surface area contributed by atoms with Crippen LogP contribution in [0, 0.1) is 0 Å². The average Bonchev–Trinajstić information content (AvgIpc) is 2.76. The largest absolute Gasteiger partial charge is 0.378 e. The molecule has 2 N–H and O–H groups in total. The van der Waals surface area contributed by atoms with Crippen molar-refractivity contribution in [1.29, 1.82) is 0 Å². The molecule has 2 aromatic heterocycles. The van der Waals surface area contributed by atoms with Crippen molar-refractivity contribution in [3.05, 3.63) is 66.7 Å². The van der Waals surface area contributed by atoms with Crippen LogP contribution in [0.1, 0.15) is 10.5 Å². The zero-order chi connectivity index (χ0) is 19.2. The van der Waals surface area contributed by atoms with Crippen LogP contribution in [-0.4, -0.2) is 47.2 Å². The highest BCUT2D eigenvalue weighted by molar-refractivity contribution is 6.03. The Hall–Kier alpha value is -3.52. The number of carbonyl (C=O) groups is 1. The number of ether oxygens (including phenoxy) is 1. The minimum atomic E-state index is -0.273. The Morgan fingerprint density at radius 1 is 1.00 bits per heavy atom. The van der Waals surface area contributed by atoms with Gasteiger partial charge < -0.3 is 20.3 Å². The average molecular weight is 376 g/mol. The van der Waals surface area contributed by atoms with Gasteiger partial charge in [0.15, 0.2) is 0 Å². The van der Waals surface area contributed by atoms with Crippen LogP contribution < -0.4 is 15.5 Å². The molecule has 8 nitrogen and oxygen atoms in total. The second-order valence-electron chi connectivity index (χ2n) is 6.23. The molecule has 0 aliphatic carbocycles. The zero-order valence-corrected chi connectivity index (χ0v) is 15.2. The number of nitrogens with zero attached hydrogens (tertiary/aromatic N) is 4. The summed E-state index contributed by atoms with van der Waals surface area (Å²) in [5, 5.41) is 5.93. The van der Waals surface area contributed by atoms with Crippen molar-refractivity contribution < 1.29 is 9.53 Å². The van der Waals surface area contributed by atoms with Crippen molar-refractivity contribution >= 4 is 28.9 Å². The molecule has 28 heavy (non-hydrogen) atoms. The standard InChI is InChI=1S/C20H20N6O2/c27-20(17-2-1-3-19(24-17)25-18-8-9-21-14-22-18)23-15-4-6-16(7-5-15)26-10-12-28-13-11-26/h1-9,14H,10-13H2,(H,23,27)(H,21,22,24,25). The number of aromatic nitrogens is 3. The fourth-order valence-corrected chi connectivity index (χ4v) is 2.90. The molecule has 4 rings (SSSR count). The van der Waals surface area contributed by atoms with Gasteiger partial charge in [-0.15, -0.1) is 0 Å². The molecule has 1 fully saturated rings. The molecule has 1 aliphatic rings. The lowest BCUT2D eigenvalue weighted by Crippen LogP contribution is -2.36. The van der Waals surface area contributed by atoms with Gasteiger partial charge in [-0.05, 0) is 42.5 Å². The van der Waals surface area contributed by atoms with Crippen LogP contribution in [0.25, 0.3) is 0 Å². The first-order valence-corrected chi connectivity index (χ1v) is 9.02. The van der Waals surface area contributed by atoms with Gasteiger partial charge in [0.25, 0.3) is 5.91 Å². The summed E-state index contributed by atoms with van der Waals surface area (Å²) >= 11 is 0. The van der Waals surface area contributed by atoms with E-state index in [1.165, 1.54) is 6.33 Å². The van der Waals surface area contributed by atoms with Crippen LogP contribution in [0.15, 0.2) is 61.1 Å². The molecule has 142 valence electrons. The van der Waals surface area contributed by atoms with Gasteiger partial charge in [-0.25, -0.2) is 15.0 Å². The number of hydrogen-bond donors (Lipinski definition) is 2. The van der Waals surface area contributed by atoms with Crippen molar-refractivity contribution in [2.45, 2.75) is 0 Å². The zero-order valence-electron chi connectivity index (χ0n) is 15.2.